The minimum absolute atomic E-state index is 0.868. The minimum Gasteiger partial charge on any atom is -0.456 e. The van der Waals surface area contributed by atoms with E-state index in [0.29, 0.717) is 0 Å². The first-order chi connectivity index (χ1) is 24.8. The fourth-order valence-corrected chi connectivity index (χ4v) is 8.27. The van der Waals surface area contributed by atoms with E-state index in [9.17, 15) is 0 Å². The standard InChI is InChI=1S/C48H28O2/c1-2-12-29(13-3-1)31-24-25-40(33-15-5-4-14-32(31)33)48-38-19-8-6-17-36(38)47(37-18-7-9-20-39(37)48)30-22-23-35-42-28-45-41(27-46(42)50-44(35)26-30)34-16-10-11-21-43(34)49-45/h1-28H. The van der Waals surface area contributed by atoms with Gasteiger partial charge >= 0.3 is 0 Å². The van der Waals surface area contributed by atoms with Crippen molar-refractivity contribution in [3.05, 3.63) is 170 Å². The number of fused-ring (bicyclic) bond motifs is 9. The highest BCUT2D eigenvalue weighted by Crippen LogP contribution is 2.47. The molecular weight excluding hydrogens is 609 g/mol. The molecule has 0 spiro atoms. The van der Waals surface area contributed by atoms with Gasteiger partial charge in [0.1, 0.15) is 22.3 Å². The van der Waals surface area contributed by atoms with E-state index in [1.165, 1.54) is 60.1 Å². The fraction of sp³-hybridized carbons (Fsp3) is 0. The molecule has 0 fully saturated rings. The zero-order chi connectivity index (χ0) is 32.8. The molecular formula is C48H28O2. The van der Waals surface area contributed by atoms with Crippen LogP contribution in [0.25, 0.3) is 110 Å². The van der Waals surface area contributed by atoms with E-state index in [1.807, 2.05) is 12.1 Å². The Labute approximate surface area is 287 Å². The molecule has 0 bridgehead atoms. The summed E-state index contributed by atoms with van der Waals surface area (Å²) in [6, 6.07) is 60.9. The molecule has 50 heavy (non-hydrogen) atoms. The molecule has 0 N–H and O–H groups in total. The van der Waals surface area contributed by atoms with E-state index in [-0.39, 0.29) is 0 Å². The molecule has 2 heterocycles. The van der Waals surface area contributed by atoms with Crippen LogP contribution in [0.3, 0.4) is 0 Å². The van der Waals surface area contributed by atoms with E-state index >= 15 is 0 Å². The molecule has 0 atom stereocenters. The molecule has 11 aromatic rings. The average molecular weight is 637 g/mol. The normalized spacial score (nSPS) is 12.0. The molecule has 0 aliphatic carbocycles. The highest BCUT2D eigenvalue weighted by molar-refractivity contribution is 6.25. The SMILES string of the molecule is c1ccc(-c2ccc(-c3c4ccccc4c(-c4ccc5c(c4)oc4cc6c(cc45)oc4ccccc46)c4ccccc34)c3ccccc23)cc1. The molecule has 9 aromatic carbocycles. The van der Waals surface area contributed by atoms with Crippen LogP contribution < -0.4 is 0 Å². The highest BCUT2D eigenvalue weighted by atomic mass is 16.3. The molecule has 0 unspecified atom stereocenters. The lowest BCUT2D eigenvalue weighted by Crippen LogP contribution is -1.92. The van der Waals surface area contributed by atoms with Gasteiger partial charge in [0.25, 0.3) is 0 Å². The van der Waals surface area contributed by atoms with Crippen molar-refractivity contribution in [2.45, 2.75) is 0 Å². The van der Waals surface area contributed by atoms with Gasteiger partial charge in [-0.3, -0.25) is 0 Å². The maximum Gasteiger partial charge on any atom is 0.136 e. The van der Waals surface area contributed by atoms with Crippen molar-refractivity contribution >= 4 is 76.2 Å². The summed E-state index contributed by atoms with van der Waals surface area (Å²) < 4.78 is 12.8. The van der Waals surface area contributed by atoms with Crippen LogP contribution in [-0.2, 0) is 0 Å². The Bertz CT molecular complexity index is 3080. The smallest absolute Gasteiger partial charge is 0.136 e. The van der Waals surface area contributed by atoms with Crippen molar-refractivity contribution in [1.29, 1.82) is 0 Å². The predicted octanol–water partition coefficient (Wildman–Crippen LogP) is 13.9. The van der Waals surface area contributed by atoms with Gasteiger partial charge in [-0.05, 0) is 96.0 Å². The Hall–Kier alpha value is -6.64. The van der Waals surface area contributed by atoms with Gasteiger partial charge in [0.2, 0.25) is 0 Å². The summed E-state index contributed by atoms with van der Waals surface area (Å²) in [6.45, 7) is 0. The zero-order valence-corrected chi connectivity index (χ0v) is 27.0. The third-order valence-corrected chi connectivity index (χ3v) is 10.5. The maximum atomic E-state index is 6.61. The first-order valence-electron chi connectivity index (χ1n) is 17.1. The van der Waals surface area contributed by atoms with Crippen molar-refractivity contribution in [2.24, 2.45) is 0 Å². The van der Waals surface area contributed by atoms with E-state index in [2.05, 4.69) is 158 Å². The van der Waals surface area contributed by atoms with Gasteiger partial charge in [0, 0.05) is 21.5 Å². The van der Waals surface area contributed by atoms with Crippen LogP contribution in [-0.4, -0.2) is 0 Å². The molecule has 0 radical (unpaired) electrons. The van der Waals surface area contributed by atoms with Crippen LogP contribution in [0.2, 0.25) is 0 Å². The van der Waals surface area contributed by atoms with E-state index < -0.39 is 0 Å². The summed E-state index contributed by atoms with van der Waals surface area (Å²) >= 11 is 0. The van der Waals surface area contributed by atoms with Gasteiger partial charge < -0.3 is 8.83 Å². The quantitative estimate of drug-likeness (QED) is 0.180. The second kappa shape index (κ2) is 10.4. The number of hydrogen-bond acceptors (Lipinski definition) is 2. The topological polar surface area (TPSA) is 26.3 Å². The van der Waals surface area contributed by atoms with Gasteiger partial charge in [-0.2, -0.15) is 0 Å². The van der Waals surface area contributed by atoms with Crippen LogP contribution in [0.4, 0.5) is 0 Å². The predicted molar refractivity (Wildman–Crippen MR) is 210 cm³/mol. The second-order valence-corrected chi connectivity index (χ2v) is 13.2. The molecule has 0 aliphatic heterocycles. The van der Waals surface area contributed by atoms with Gasteiger partial charge in [0.15, 0.2) is 0 Å². The van der Waals surface area contributed by atoms with Gasteiger partial charge in [-0.15, -0.1) is 0 Å². The van der Waals surface area contributed by atoms with Crippen LogP contribution >= 0.6 is 0 Å². The number of benzene rings is 9. The maximum absolute atomic E-state index is 6.61. The van der Waals surface area contributed by atoms with E-state index in [0.717, 1.165) is 49.4 Å². The summed E-state index contributed by atoms with van der Waals surface area (Å²) in [4.78, 5) is 0. The van der Waals surface area contributed by atoms with Crippen LogP contribution in [0, 0.1) is 0 Å². The number of hydrogen-bond donors (Lipinski definition) is 0. The molecule has 0 saturated heterocycles. The summed E-state index contributed by atoms with van der Waals surface area (Å²) in [5.74, 6) is 0. The van der Waals surface area contributed by atoms with E-state index in [1.54, 1.807) is 0 Å². The van der Waals surface area contributed by atoms with Crippen molar-refractivity contribution in [3.8, 4) is 33.4 Å². The second-order valence-electron chi connectivity index (χ2n) is 13.2. The number of rotatable bonds is 3. The number of para-hydroxylation sites is 1. The summed E-state index contributed by atoms with van der Waals surface area (Å²) in [6.07, 6.45) is 0. The van der Waals surface area contributed by atoms with Gasteiger partial charge in [-0.1, -0.05) is 140 Å². The van der Waals surface area contributed by atoms with Crippen LogP contribution in [0.1, 0.15) is 0 Å². The average Bonchev–Trinajstić information content (AvgIpc) is 3.72. The van der Waals surface area contributed by atoms with Crippen molar-refractivity contribution < 1.29 is 8.83 Å². The first-order valence-corrected chi connectivity index (χ1v) is 17.1. The van der Waals surface area contributed by atoms with Crippen LogP contribution in [0.5, 0.6) is 0 Å². The fourth-order valence-electron chi connectivity index (χ4n) is 8.27. The summed E-state index contributed by atoms with van der Waals surface area (Å²) in [5, 5.41) is 11.7. The van der Waals surface area contributed by atoms with Crippen molar-refractivity contribution in [1.82, 2.24) is 0 Å². The third kappa shape index (κ3) is 3.90. The van der Waals surface area contributed by atoms with Crippen molar-refractivity contribution in [3.63, 3.8) is 0 Å². The lowest BCUT2D eigenvalue weighted by Gasteiger charge is -2.19. The van der Waals surface area contributed by atoms with Gasteiger partial charge in [-0.25, -0.2) is 0 Å². The molecule has 2 nitrogen and oxygen atoms in total. The molecule has 232 valence electrons. The molecule has 2 heteroatoms. The van der Waals surface area contributed by atoms with Gasteiger partial charge in [0.05, 0.1) is 0 Å². The zero-order valence-electron chi connectivity index (χ0n) is 27.0. The lowest BCUT2D eigenvalue weighted by molar-refractivity contribution is 0.664. The Balaban J connectivity index is 1.16. The monoisotopic (exact) mass is 636 g/mol. The number of furan rings is 2. The first kappa shape index (κ1) is 27.3. The Morgan fingerprint density at radius 1 is 0.240 bits per heavy atom. The largest absolute Gasteiger partial charge is 0.456 e. The molecule has 11 rings (SSSR count). The lowest BCUT2D eigenvalue weighted by atomic mass is 9.83. The highest BCUT2D eigenvalue weighted by Gasteiger charge is 2.20. The molecule has 2 aromatic heterocycles. The Morgan fingerprint density at radius 3 is 1.36 bits per heavy atom. The van der Waals surface area contributed by atoms with E-state index in [4.69, 9.17) is 8.83 Å². The Morgan fingerprint density at radius 2 is 0.700 bits per heavy atom. The summed E-state index contributed by atoms with van der Waals surface area (Å²) in [7, 11) is 0. The van der Waals surface area contributed by atoms with Crippen molar-refractivity contribution in [2.75, 3.05) is 0 Å². The third-order valence-electron chi connectivity index (χ3n) is 10.5. The van der Waals surface area contributed by atoms with Crippen LogP contribution in [0.15, 0.2) is 179 Å². The molecule has 0 saturated carbocycles. The Kier molecular flexibility index (Phi) is 5.70. The molecule has 0 aliphatic rings. The summed E-state index contributed by atoms with van der Waals surface area (Å²) in [5.41, 5.74) is 10.8. The molecule has 0 amide bonds. The minimum atomic E-state index is 0.868.